The quantitative estimate of drug-likeness (QED) is 0.700. The van der Waals surface area contributed by atoms with Crippen LogP contribution in [-0.2, 0) is 0 Å². The number of nitrogen functional groups attached to an aromatic ring is 1. The zero-order valence-corrected chi connectivity index (χ0v) is 12.9. The largest absolute Gasteiger partial charge is 0.497 e. The maximum absolute atomic E-state index is 5.90. The van der Waals surface area contributed by atoms with E-state index in [1.54, 1.807) is 7.11 Å². The Kier molecular flexibility index (Phi) is 4.05. The van der Waals surface area contributed by atoms with Gasteiger partial charge in [0.1, 0.15) is 5.75 Å². The van der Waals surface area contributed by atoms with E-state index >= 15 is 0 Å². The Labute approximate surface area is 134 Å². The summed E-state index contributed by atoms with van der Waals surface area (Å²) < 4.78 is 5.12. The number of rotatable bonds is 4. The number of azo groups is 1. The first-order valence-electron chi connectivity index (χ1n) is 7.14. The SMILES string of the molecule is COc1ccc(N=Nc2c(N)n[nH]c2-c2ccc(C)cc2)cc1. The fraction of sp³-hybridized carbons (Fsp3) is 0.118. The van der Waals surface area contributed by atoms with E-state index in [1.165, 1.54) is 5.56 Å². The number of aromatic nitrogens is 2. The highest BCUT2D eigenvalue weighted by atomic mass is 16.5. The maximum atomic E-state index is 5.90. The van der Waals surface area contributed by atoms with Crippen LogP contribution in [0.3, 0.4) is 0 Å². The molecule has 0 radical (unpaired) electrons. The van der Waals surface area contributed by atoms with Gasteiger partial charge in [-0.05, 0) is 31.2 Å². The van der Waals surface area contributed by atoms with Crippen LogP contribution in [0, 0.1) is 6.92 Å². The van der Waals surface area contributed by atoms with E-state index in [9.17, 15) is 0 Å². The summed E-state index contributed by atoms with van der Waals surface area (Å²) in [7, 11) is 1.62. The highest BCUT2D eigenvalue weighted by molar-refractivity contribution is 5.79. The Hall–Kier alpha value is -3.15. The fourth-order valence-corrected chi connectivity index (χ4v) is 2.13. The van der Waals surface area contributed by atoms with Crippen molar-refractivity contribution in [1.82, 2.24) is 10.2 Å². The van der Waals surface area contributed by atoms with Crippen LogP contribution in [-0.4, -0.2) is 17.3 Å². The minimum absolute atomic E-state index is 0.317. The van der Waals surface area contributed by atoms with Gasteiger partial charge in [-0.2, -0.15) is 10.2 Å². The molecule has 1 heterocycles. The van der Waals surface area contributed by atoms with Gasteiger partial charge >= 0.3 is 0 Å². The van der Waals surface area contributed by atoms with E-state index in [2.05, 4.69) is 20.4 Å². The van der Waals surface area contributed by atoms with Gasteiger partial charge in [0.05, 0.1) is 18.5 Å². The Bertz CT molecular complexity index is 819. The molecule has 116 valence electrons. The van der Waals surface area contributed by atoms with Crippen LogP contribution in [0.1, 0.15) is 5.56 Å². The second kappa shape index (κ2) is 6.31. The molecule has 3 N–H and O–H groups in total. The molecule has 3 aromatic rings. The Morgan fingerprint density at radius 3 is 2.35 bits per heavy atom. The standard InChI is InChI=1S/C17H17N5O/c1-11-3-5-12(6-4-11)15-16(17(18)22-20-15)21-19-13-7-9-14(23-2)10-8-13/h3-10H,1-2H3,(H3,18,20,22). The number of methoxy groups -OCH3 is 1. The van der Waals surface area contributed by atoms with Crippen LogP contribution in [0.2, 0.25) is 0 Å². The molecule has 6 heteroatoms. The third kappa shape index (κ3) is 3.21. The number of hydrogen-bond acceptors (Lipinski definition) is 5. The molecule has 0 bridgehead atoms. The van der Waals surface area contributed by atoms with Gasteiger partial charge in [0.25, 0.3) is 0 Å². The highest BCUT2D eigenvalue weighted by Gasteiger charge is 2.12. The molecule has 0 unspecified atom stereocenters. The van der Waals surface area contributed by atoms with Crippen molar-refractivity contribution in [2.75, 3.05) is 12.8 Å². The van der Waals surface area contributed by atoms with Gasteiger partial charge in [-0.3, -0.25) is 5.10 Å². The third-order valence-corrected chi connectivity index (χ3v) is 3.45. The Balaban J connectivity index is 1.91. The lowest BCUT2D eigenvalue weighted by atomic mass is 10.1. The number of nitrogens with one attached hydrogen (secondary N) is 1. The van der Waals surface area contributed by atoms with Crippen molar-refractivity contribution in [3.05, 3.63) is 54.1 Å². The molecule has 1 aromatic heterocycles. The van der Waals surface area contributed by atoms with E-state index < -0.39 is 0 Å². The van der Waals surface area contributed by atoms with Crippen LogP contribution in [0.4, 0.5) is 17.2 Å². The molecule has 0 aliphatic heterocycles. The van der Waals surface area contributed by atoms with Gasteiger partial charge in [0.15, 0.2) is 11.5 Å². The number of aryl methyl sites for hydroxylation is 1. The molecular weight excluding hydrogens is 290 g/mol. The van der Waals surface area contributed by atoms with Crippen LogP contribution >= 0.6 is 0 Å². The summed E-state index contributed by atoms with van der Waals surface area (Å²) in [6, 6.07) is 15.3. The second-order valence-electron chi connectivity index (χ2n) is 5.10. The number of ether oxygens (including phenoxy) is 1. The molecule has 3 rings (SSSR count). The number of benzene rings is 2. The first kappa shape index (κ1) is 14.8. The molecule has 0 aliphatic carbocycles. The summed E-state index contributed by atoms with van der Waals surface area (Å²) in [5.74, 6) is 1.09. The van der Waals surface area contributed by atoms with Gasteiger partial charge in [-0.25, -0.2) is 0 Å². The lowest BCUT2D eigenvalue weighted by Crippen LogP contribution is -1.83. The van der Waals surface area contributed by atoms with Gasteiger partial charge in [-0.1, -0.05) is 29.8 Å². The number of aromatic amines is 1. The molecule has 0 amide bonds. The summed E-state index contributed by atoms with van der Waals surface area (Å²) in [5, 5.41) is 15.4. The van der Waals surface area contributed by atoms with Crippen molar-refractivity contribution < 1.29 is 4.74 Å². The summed E-state index contributed by atoms with van der Waals surface area (Å²) >= 11 is 0. The van der Waals surface area contributed by atoms with E-state index in [1.807, 2.05) is 55.5 Å². The van der Waals surface area contributed by atoms with Crippen molar-refractivity contribution in [3.63, 3.8) is 0 Å². The first-order valence-corrected chi connectivity index (χ1v) is 7.14. The number of H-pyrrole nitrogens is 1. The van der Waals surface area contributed by atoms with Crippen molar-refractivity contribution in [1.29, 1.82) is 0 Å². The van der Waals surface area contributed by atoms with Crippen molar-refractivity contribution >= 4 is 17.2 Å². The summed E-state index contributed by atoms with van der Waals surface area (Å²) in [6.07, 6.45) is 0. The van der Waals surface area contributed by atoms with E-state index in [0.717, 1.165) is 17.0 Å². The maximum Gasteiger partial charge on any atom is 0.173 e. The molecule has 6 nitrogen and oxygen atoms in total. The molecule has 2 aromatic carbocycles. The Morgan fingerprint density at radius 1 is 1.00 bits per heavy atom. The number of hydrogen-bond donors (Lipinski definition) is 2. The van der Waals surface area contributed by atoms with Gasteiger partial charge in [0.2, 0.25) is 0 Å². The predicted octanol–water partition coefficient (Wildman–Crippen LogP) is 4.39. The van der Waals surface area contributed by atoms with E-state index in [-0.39, 0.29) is 0 Å². The minimum atomic E-state index is 0.317. The van der Waals surface area contributed by atoms with Crippen molar-refractivity contribution in [2.45, 2.75) is 6.92 Å². The molecule has 0 saturated carbocycles. The number of anilines is 1. The topological polar surface area (TPSA) is 88.7 Å². The average molecular weight is 307 g/mol. The predicted molar refractivity (Wildman–Crippen MR) is 90.3 cm³/mol. The van der Waals surface area contributed by atoms with Gasteiger partial charge < -0.3 is 10.5 Å². The number of nitrogens with two attached hydrogens (primary N) is 1. The second-order valence-corrected chi connectivity index (χ2v) is 5.10. The zero-order valence-electron chi connectivity index (χ0n) is 12.9. The van der Waals surface area contributed by atoms with Crippen LogP contribution in [0.15, 0.2) is 58.8 Å². The Morgan fingerprint density at radius 2 is 1.70 bits per heavy atom. The smallest absolute Gasteiger partial charge is 0.173 e. The summed E-state index contributed by atoms with van der Waals surface area (Å²) in [5.41, 5.74) is 10.0. The summed E-state index contributed by atoms with van der Waals surface area (Å²) in [4.78, 5) is 0. The normalized spacial score (nSPS) is 11.0. The molecular formula is C17H17N5O. The van der Waals surface area contributed by atoms with E-state index in [0.29, 0.717) is 17.2 Å². The van der Waals surface area contributed by atoms with Crippen LogP contribution in [0.5, 0.6) is 5.75 Å². The van der Waals surface area contributed by atoms with Gasteiger partial charge in [0, 0.05) is 5.56 Å². The number of nitrogens with zero attached hydrogens (tertiary/aromatic N) is 3. The van der Waals surface area contributed by atoms with E-state index in [4.69, 9.17) is 10.5 Å². The lowest BCUT2D eigenvalue weighted by Gasteiger charge is -2.01. The highest BCUT2D eigenvalue weighted by Crippen LogP contribution is 2.34. The molecule has 0 aliphatic rings. The average Bonchev–Trinajstić information content (AvgIpc) is 2.95. The lowest BCUT2D eigenvalue weighted by molar-refractivity contribution is 0.415. The third-order valence-electron chi connectivity index (χ3n) is 3.45. The van der Waals surface area contributed by atoms with Crippen LogP contribution < -0.4 is 10.5 Å². The molecule has 23 heavy (non-hydrogen) atoms. The summed E-state index contributed by atoms with van der Waals surface area (Å²) in [6.45, 7) is 2.04. The zero-order chi connectivity index (χ0) is 16.2. The van der Waals surface area contributed by atoms with Crippen molar-refractivity contribution in [3.8, 4) is 17.0 Å². The van der Waals surface area contributed by atoms with Crippen molar-refractivity contribution in [2.24, 2.45) is 10.2 Å². The molecule has 0 spiro atoms. The molecule has 0 fully saturated rings. The first-order chi connectivity index (χ1) is 11.2. The van der Waals surface area contributed by atoms with Gasteiger partial charge in [-0.15, -0.1) is 5.11 Å². The fourth-order valence-electron chi connectivity index (χ4n) is 2.13. The van der Waals surface area contributed by atoms with Crippen LogP contribution in [0.25, 0.3) is 11.3 Å². The molecule has 0 atom stereocenters. The minimum Gasteiger partial charge on any atom is -0.497 e. The molecule has 0 saturated heterocycles. The monoisotopic (exact) mass is 307 g/mol.